The van der Waals surface area contributed by atoms with E-state index in [-0.39, 0.29) is 27.9 Å². The van der Waals surface area contributed by atoms with Gasteiger partial charge in [-0.1, -0.05) is 18.6 Å². The molecular weight excluding hydrogens is 480 g/mol. The number of nitrogen functional groups attached to an aromatic ring is 1. The molecule has 2 aromatic rings. The maximum Gasteiger partial charge on any atom is 0.481 e. The quantitative estimate of drug-likeness (QED) is 0.145. The molecule has 1 saturated heterocycles. The van der Waals surface area contributed by atoms with Crippen LogP contribution in [0.5, 0.6) is 0 Å². The Kier molecular flexibility index (Phi) is 5.84. The fourth-order valence-corrected chi connectivity index (χ4v) is 4.82. The van der Waals surface area contributed by atoms with Gasteiger partial charge in [0.05, 0.1) is 12.9 Å². The van der Waals surface area contributed by atoms with Crippen molar-refractivity contribution in [3.05, 3.63) is 6.33 Å². The zero-order valence-electron chi connectivity index (χ0n) is 19.3. The van der Waals surface area contributed by atoms with Crippen LogP contribution in [0.2, 0.25) is 0 Å². The number of phosphoric acid groups is 2. The molecule has 0 spiro atoms. The molecule has 0 radical (unpaired) electrons. The first-order chi connectivity index (χ1) is 16.0. The van der Waals surface area contributed by atoms with Crippen molar-refractivity contribution < 1.29 is 53.1 Å². The molecule has 15 nitrogen and oxygen atoms in total. The second-order valence-electron chi connectivity index (χ2n) is 6.09. The third kappa shape index (κ3) is 5.80. The topological polar surface area (TPSA) is 233 Å². The molecule has 174 valence electrons. The highest BCUT2D eigenvalue weighted by Crippen LogP contribution is 2.57. The van der Waals surface area contributed by atoms with E-state index in [1.807, 2.05) is 0 Å². The summed E-state index contributed by atoms with van der Waals surface area (Å²) in [5.74, 6) is -0.434. The van der Waals surface area contributed by atoms with Crippen molar-refractivity contribution in [1.82, 2.24) is 19.5 Å². The number of anilines is 1. The Bertz CT molecular complexity index is 1170. The van der Waals surface area contributed by atoms with E-state index in [1.54, 1.807) is 0 Å². The second kappa shape index (κ2) is 9.37. The van der Waals surface area contributed by atoms with Crippen molar-refractivity contribution in [1.29, 1.82) is 0 Å². The van der Waals surface area contributed by atoms with E-state index < -0.39 is 60.0 Å². The zero-order valence-corrected chi connectivity index (χ0v) is 17.9. The minimum atomic E-state index is -5.36. The number of nitrogens with two attached hydrogens (primary N) is 1. The van der Waals surface area contributed by atoms with Gasteiger partial charge in [-0.15, -0.1) is 0 Å². The summed E-state index contributed by atoms with van der Waals surface area (Å²) in [6, 6.07) is 0. The monoisotopic (exact) mass is 509 g/mol. The molecule has 0 bridgehead atoms. The third-order valence-corrected chi connectivity index (χ3v) is 6.84. The fraction of sp³-hybridized carbons (Fsp3) is 0.615. The Hall–Kier alpha value is -1.16. The van der Waals surface area contributed by atoms with Crippen molar-refractivity contribution >= 4 is 44.4 Å². The normalized spacial score (nSPS) is 28.8. The molecule has 1 aliphatic rings. The molecule has 0 aromatic carbocycles. The van der Waals surface area contributed by atoms with Crippen LogP contribution in [-0.2, 0) is 22.7 Å². The van der Waals surface area contributed by atoms with Gasteiger partial charge in [0.2, 0.25) is 0 Å². The van der Waals surface area contributed by atoms with E-state index in [4.69, 9.17) is 25.7 Å². The first kappa shape index (κ1) is 19.3. The summed E-state index contributed by atoms with van der Waals surface area (Å²) in [5, 5.41) is 20.7. The summed E-state index contributed by atoms with van der Waals surface area (Å²) in [4.78, 5) is 38.9. The highest BCUT2D eigenvalue weighted by molar-refractivity contribution is 7.99. The van der Waals surface area contributed by atoms with Gasteiger partial charge in [-0.2, -0.15) is 4.31 Å². The smallest absolute Gasteiger partial charge is 0.387 e. The molecule has 1 unspecified atom stereocenters. The number of imidazole rings is 1. The first-order valence-corrected chi connectivity index (χ1v) is 12.2. The maximum absolute atomic E-state index is 11.6. The van der Waals surface area contributed by atoms with Gasteiger partial charge < -0.3 is 35.4 Å². The molecule has 0 aliphatic carbocycles. The van der Waals surface area contributed by atoms with Crippen molar-refractivity contribution in [3.8, 4) is 0 Å². The van der Waals surface area contributed by atoms with Crippen molar-refractivity contribution in [2.75, 3.05) is 18.1 Å². The van der Waals surface area contributed by atoms with Gasteiger partial charge in [-0.25, -0.2) is 24.1 Å². The molecule has 7 N–H and O–H groups in total. The average molecular weight is 509 g/mol. The van der Waals surface area contributed by atoms with Crippen LogP contribution in [0.4, 0.5) is 5.82 Å². The van der Waals surface area contributed by atoms with E-state index in [9.17, 15) is 24.2 Å². The maximum atomic E-state index is 11.6. The Labute approximate surface area is 185 Å². The Morgan fingerprint density at radius 1 is 1.35 bits per heavy atom. The third-order valence-electron chi connectivity index (χ3n) is 3.94. The minimum Gasteiger partial charge on any atom is -0.387 e. The SMILES string of the molecule is [3H]C([3H])C([3H])([3H])CSc1nc(N)c2ncn([C@@H]3O[C@H](COP(=O)(O)OP(=O)(O)O)[C@@H](O)[C@H]3O)c2n1. The zero-order chi connectivity index (χ0) is 26.3. The lowest BCUT2D eigenvalue weighted by Gasteiger charge is -2.17. The van der Waals surface area contributed by atoms with Gasteiger partial charge in [0, 0.05) is 11.2 Å². The molecule has 3 heterocycles. The van der Waals surface area contributed by atoms with E-state index in [0.717, 1.165) is 18.1 Å². The predicted molar refractivity (Wildman–Crippen MR) is 106 cm³/mol. The molecule has 5 atom stereocenters. The number of thioether (sulfide) groups is 1. The number of nitrogens with zero attached hydrogens (tertiary/aromatic N) is 4. The van der Waals surface area contributed by atoms with Gasteiger partial charge in [0.25, 0.3) is 0 Å². The predicted octanol–water partition coefficient (Wildman–Crippen LogP) is -0.244. The van der Waals surface area contributed by atoms with Crippen molar-refractivity contribution in [2.24, 2.45) is 0 Å². The molecule has 31 heavy (non-hydrogen) atoms. The highest BCUT2D eigenvalue weighted by Gasteiger charge is 2.46. The molecular formula is C13H21N5O10P2S. The molecule has 0 saturated carbocycles. The lowest BCUT2D eigenvalue weighted by molar-refractivity contribution is -0.0503. The molecule has 18 heteroatoms. The molecule has 3 rings (SSSR count). The van der Waals surface area contributed by atoms with Gasteiger partial charge in [-0.3, -0.25) is 9.09 Å². The number of hydrogen-bond acceptors (Lipinski definition) is 12. The summed E-state index contributed by atoms with van der Waals surface area (Å²) >= 11 is 0.789. The summed E-state index contributed by atoms with van der Waals surface area (Å²) in [7, 11) is -10.6. The van der Waals surface area contributed by atoms with Crippen LogP contribution in [-0.4, -0.2) is 75.1 Å². The lowest BCUT2D eigenvalue weighted by Crippen LogP contribution is -2.33. The summed E-state index contributed by atoms with van der Waals surface area (Å²) < 4.78 is 67.0. The molecule has 1 fully saturated rings. The summed E-state index contributed by atoms with van der Waals surface area (Å²) in [6.45, 7) is -2.66. The van der Waals surface area contributed by atoms with Crippen LogP contribution in [0.3, 0.4) is 0 Å². The van der Waals surface area contributed by atoms with Gasteiger partial charge in [-0.05, 0) is 6.37 Å². The van der Waals surface area contributed by atoms with Gasteiger partial charge >= 0.3 is 15.6 Å². The van der Waals surface area contributed by atoms with Crippen LogP contribution in [0.1, 0.15) is 25.0 Å². The van der Waals surface area contributed by atoms with Gasteiger partial charge in [0.1, 0.15) is 23.8 Å². The van der Waals surface area contributed by atoms with Crippen LogP contribution in [0.25, 0.3) is 11.2 Å². The Morgan fingerprint density at radius 2 is 2.10 bits per heavy atom. The number of fused-ring (bicyclic) bond motifs is 1. The van der Waals surface area contributed by atoms with Crippen LogP contribution >= 0.6 is 27.4 Å². The molecule has 2 aromatic heterocycles. The number of aliphatic hydroxyl groups is 2. The molecule has 0 amide bonds. The highest BCUT2D eigenvalue weighted by atomic mass is 32.2. The standard InChI is InChI=1S/C13H21N5O10P2S/c1-2-3-31-13-16-10(14)7-11(17-13)18(5-15-7)12-9(20)8(19)6(27-12)4-26-30(24,25)28-29(21,22)23/h5-6,8-9,12,19-20H,2-4H2,1H3,(H,24,25)(H2,14,16,17)(H2,21,22,23)/t6-,8-,9-,12-/m1/s1/i1T2,2T2. The van der Waals surface area contributed by atoms with E-state index >= 15 is 0 Å². The largest absolute Gasteiger partial charge is 0.481 e. The minimum absolute atomic E-state index is 0.0179. The molecule has 1 aliphatic heterocycles. The average Bonchev–Trinajstić information content (AvgIpc) is 3.25. The van der Waals surface area contributed by atoms with E-state index in [2.05, 4.69) is 23.8 Å². The summed E-state index contributed by atoms with van der Waals surface area (Å²) in [6.07, 6.45) is -7.15. The number of aromatic nitrogens is 4. The number of hydrogen-bond donors (Lipinski definition) is 6. The second-order valence-corrected chi connectivity index (χ2v) is 9.86. The number of rotatable bonds is 9. The summed E-state index contributed by atoms with van der Waals surface area (Å²) in [5.41, 5.74) is 5.98. The van der Waals surface area contributed by atoms with Crippen LogP contribution in [0.15, 0.2) is 11.5 Å². The fourth-order valence-electron chi connectivity index (χ4n) is 2.70. The first-order valence-electron chi connectivity index (χ1n) is 10.4. The van der Waals surface area contributed by atoms with E-state index in [1.165, 1.54) is 4.57 Å². The number of ether oxygens (including phenoxy) is 1. The van der Waals surface area contributed by atoms with Crippen molar-refractivity contribution in [3.63, 3.8) is 0 Å². The number of phosphoric ester groups is 1. The van der Waals surface area contributed by atoms with Crippen LogP contribution < -0.4 is 5.73 Å². The number of aliphatic hydroxyl groups excluding tert-OH is 2. The Balaban J connectivity index is 1.80. The van der Waals surface area contributed by atoms with Crippen molar-refractivity contribution in [2.45, 2.75) is 42.9 Å². The Morgan fingerprint density at radius 3 is 2.77 bits per heavy atom. The van der Waals surface area contributed by atoms with E-state index in [0.29, 0.717) is 0 Å². The van der Waals surface area contributed by atoms with Gasteiger partial charge in [0.15, 0.2) is 22.8 Å². The lowest BCUT2D eigenvalue weighted by atomic mass is 10.1. The van der Waals surface area contributed by atoms with Crippen LogP contribution in [0, 0.1) is 0 Å².